The van der Waals surface area contributed by atoms with Crippen LogP contribution in [0.5, 0.6) is 0 Å². The topological polar surface area (TPSA) is 52.6 Å². The number of ether oxygens (including phenoxy) is 2. The molecule has 0 bridgehead atoms. The molecule has 0 aliphatic carbocycles. The lowest BCUT2D eigenvalue weighted by atomic mass is 10.1. The van der Waals surface area contributed by atoms with Crippen molar-refractivity contribution >= 4 is 75.7 Å². The highest BCUT2D eigenvalue weighted by atomic mass is 79.9. The molecule has 0 amide bonds. The van der Waals surface area contributed by atoms with E-state index in [1.807, 2.05) is 0 Å². The average molecular weight is 538 g/mol. The largest absolute Gasteiger partial charge is 0.465 e. The van der Waals surface area contributed by atoms with Gasteiger partial charge < -0.3 is 9.47 Å². The lowest BCUT2D eigenvalue weighted by molar-refractivity contribution is 0.0366. The zero-order valence-electron chi connectivity index (χ0n) is 10.7. The van der Waals surface area contributed by atoms with Crippen molar-refractivity contribution in [3.8, 4) is 0 Å². The monoisotopic (exact) mass is 534 g/mol. The number of carbonyl (C=O) groups excluding carboxylic acids is 2. The van der Waals surface area contributed by atoms with Crippen molar-refractivity contribution in [3.05, 3.63) is 29.0 Å². The minimum Gasteiger partial charge on any atom is -0.465 e. The molecule has 1 aromatic rings. The van der Waals surface area contributed by atoms with E-state index >= 15 is 0 Å². The Kier molecular flexibility index (Phi) is 6.69. The number of benzene rings is 1. The molecule has 1 rings (SSSR count). The fourth-order valence-electron chi connectivity index (χ4n) is 1.39. The van der Waals surface area contributed by atoms with Gasteiger partial charge in [0, 0.05) is 17.9 Å². The maximum Gasteiger partial charge on any atom is 0.340 e. The van der Waals surface area contributed by atoms with Gasteiger partial charge in [0.15, 0.2) is 0 Å². The molecular formula is C12H10Br4O4. The highest BCUT2D eigenvalue weighted by Crippen LogP contribution is 2.42. The van der Waals surface area contributed by atoms with E-state index < -0.39 is 11.9 Å². The van der Waals surface area contributed by atoms with E-state index in [1.54, 1.807) is 13.8 Å². The van der Waals surface area contributed by atoms with Crippen LogP contribution >= 0.6 is 63.7 Å². The first-order valence-electron chi connectivity index (χ1n) is 5.37. The summed E-state index contributed by atoms with van der Waals surface area (Å²) in [6, 6.07) is 0. The smallest absolute Gasteiger partial charge is 0.340 e. The summed E-state index contributed by atoms with van der Waals surface area (Å²) in [6.45, 7) is 3.46. The number of methoxy groups -OCH3 is 1. The van der Waals surface area contributed by atoms with Crippen LogP contribution in [0, 0.1) is 0 Å². The summed E-state index contributed by atoms with van der Waals surface area (Å²) in [5, 5.41) is 0. The molecule has 0 aliphatic rings. The third kappa shape index (κ3) is 3.64. The number of rotatable bonds is 3. The summed E-state index contributed by atoms with van der Waals surface area (Å²) in [5.41, 5.74) is 0.201. The van der Waals surface area contributed by atoms with Gasteiger partial charge in [0.05, 0.1) is 24.3 Å². The number of halogens is 4. The number of carbonyl (C=O) groups is 2. The van der Waals surface area contributed by atoms with Crippen LogP contribution < -0.4 is 0 Å². The summed E-state index contributed by atoms with van der Waals surface area (Å²) >= 11 is 13.2. The van der Waals surface area contributed by atoms with E-state index in [4.69, 9.17) is 9.47 Å². The lowest BCUT2D eigenvalue weighted by Crippen LogP contribution is -2.18. The highest BCUT2D eigenvalue weighted by molar-refractivity contribution is 9.15. The molecule has 0 aromatic heterocycles. The minimum absolute atomic E-state index is 0.0973. The van der Waals surface area contributed by atoms with Crippen molar-refractivity contribution in [3.63, 3.8) is 0 Å². The van der Waals surface area contributed by atoms with Crippen LogP contribution in [-0.4, -0.2) is 25.2 Å². The molecule has 8 heteroatoms. The van der Waals surface area contributed by atoms with Crippen LogP contribution in [0.3, 0.4) is 0 Å². The van der Waals surface area contributed by atoms with Crippen molar-refractivity contribution in [1.29, 1.82) is 0 Å². The van der Waals surface area contributed by atoms with Crippen molar-refractivity contribution in [2.24, 2.45) is 0 Å². The summed E-state index contributed by atoms with van der Waals surface area (Å²) < 4.78 is 11.9. The first-order valence-corrected chi connectivity index (χ1v) is 8.54. The number of hydrogen-bond acceptors (Lipinski definition) is 4. The van der Waals surface area contributed by atoms with Crippen LogP contribution in [-0.2, 0) is 9.47 Å². The Labute approximate surface area is 150 Å². The van der Waals surface area contributed by atoms with Crippen molar-refractivity contribution < 1.29 is 19.1 Å². The third-order valence-electron chi connectivity index (χ3n) is 2.20. The molecule has 0 spiro atoms. The maximum atomic E-state index is 12.2. The first-order chi connectivity index (χ1) is 9.22. The fourth-order valence-corrected chi connectivity index (χ4v) is 3.83. The average Bonchev–Trinajstić information content (AvgIpc) is 2.38. The van der Waals surface area contributed by atoms with Gasteiger partial charge in [0.1, 0.15) is 0 Å². The molecule has 0 unspecified atom stereocenters. The molecule has 0 aliphatic heterocycles. The Morgan fingerprint density at radius 3 is 1.60 bits per heavy atom. The summed E-state index contributed by atoms with van der Waals surface area (Å²) in [5.74, 6) is -1.25. The van der Waals surface area contributed by atoms with E-state index in [0.717, 1.165) is 0 Å². The SMILES string of the molecule is COC(=O)c1c(Br)c(Br)c(Br)c(Br)c1C(=O)OC(C)C. The van der Waals surface area contributed by atoms with Crippen molar-refractivity contribution in [2.45, 2.75) is 20.0 Å². The van der Waals surface area contributed by atoms with Crippen LogP contribution in [0.4, 0.5) is 0 Å². The lowest BCUT2D eigenvalue weighted by Gasteiger charge is -2.16. The third-order valence-corrected chi connectivity index (χ3v) is 6.97. The molecule has 0 saturated carbocycles. The van der Waals surface area contributed by atoms with Gasteiger partial charge in [0.2, 0.25) is 0 Å². The normalized spacial score (nSPS) is 10.6. The molecule has 0 atom stereocenters. The van der Waals surface area contributed by atoms with Crippen LogP contribution in [0.1, 0.15) is 34.6 Å². The van der Waals surface area contributed by atoms with Gasteiger partial charge in [0.25, 0.3) is 0 Å². The fraction of sp³-hybridized carbons (Fsp3) is 0.333. The molecule has 0 N–H and O–H groups in total. The van der Waals surface area contributed by atoms with Crippen molar-refractivity contribution in [2.75, 3.05) is 7.11 Å². The second-order valence-corrected chi connectivity index (χ2v) is 7.12. The quantitative estimate of drug-likeness (QED) is 0.306. The Morgan fingerprint density at radius 2 is 1.25 bits per heavy atom. The Balaban J connectivity index is 3.63. The van der Waals surface area contributed by atoms with Gasteiger partial charge in [-0.2, -0.15) is 0 Å². The van der Waals surface area contributed by atoms with E-state index in [1.165, 1.54) is 7.11 Å². The zero-order chi connectivity index (χ0) is 15.6. The second kappa shape index (κ2) is 7.38. The minimum atomic E-state index is -0.638. The molecule has 4 nitrogen and oxygen atoms in total. The number of hydrogen-bond donors (Lipinski definition) is 0. The maximum absolute atomic E-state index is 12.2. The molecule has 0 radical (unpaired) electrons. The van der Waals surface area contributed by atoms with Gasteiger partial charge in [-0.05, 0) is 77.6 Å². The van der Waals surface area contributed by atoms with E-state index in [0.29, 0.717) is 17.9 Å². The predicted molar refractivity (Wildman–Crippen MR) is 89.1 cm³/mol. The molecule has 1 aromatic carbocycles. The van der Waals surface area contributed by atoms with Gasteiger partial charge in [-0.1, -0.05) is 0 Å². The van der Waals surface area contributed by atoms with Gasteiger partial charge >= 0.3 is 11.9 Å². The summed E-state index contributed by atoms with van der Waals surface area (Å²) in [7, 11) is 1.25. The van der Waals surface area contributed by atoms with E-state index in [9.17, 15) is 9.59 Å². The predicted octanol–water partition coefficient (Wildman–Crippen LogP) is 5.09. The highest BCUT2D eigenvalue weighted by Gasteiger charge is 2.29. The standard InChI is InChI=1S/C12H10Br4O4/c1-4(2)20-12(18)6-5(11(17)19-3)7(13)9(15)10(16)8(6)14/h4H,1-3H3. The summed E-state index contributed by atoms with van der Waals surface area (Å²) in [6.07, 6.45) is -0.305. The first kappa shape index (κ1) is 18.1. The summed E-state index contributed by atoms with van der Waals surface area (Å²) in [4.78, 5) is 24.2. The molecule has 0 saturated heterocycles. The van der Waals surface area contributed by atoms with E-state index in [-0.39, 0.29) is 17.2 Å². The van der Waals surface area contributed by atoms with E-state index in [2.05, 4.69) is 63.7 Å². The number of esters is 2. The second-order valence-electron chi connectivity index (χ2n) is 3.95. The van der Waals surface area contributed by atoms with Crippen molar-refractivity contribution in [1.82, 2.24) is 0 Å². The molecular weight excluding hydrogens is 528 g/mol. The molecule has 20 heavy (non-hydrogen) atoms. The Morgan fingerprint density at radius 1 is 0.850 bits per heavy atom. The molecule has 0 heterocycles. The Bertz CT molecular complexity index is 569. The Hall–Kier alpha value is 0.0800. The van der Waals surface area contributed by atoms with Gasteiger partial charge in [-0.15, -0.1) is 0 Å². The van der Waals surface area contributed by atoms with Crippen LogP contribution in [0.15, 0.2) is 17.9 Å². The molecule has 110 valence electrons. The van der Waals surface area contributed by atoms with Gasteiger partial charge in [-0.3, -0.25) is 0 Å². The van der Waals surface area contributed by atoms with Gasteiger partial charge in [-0.25, -0.2) is 9.59 Å². The zero-order valence-corrected chi connectivity index (χ0v) is 17.1. The van der Waals surface area contributed by atoms with Crippen LogP contribution in [0.25, 0.3) is 0 Å². The van der Waals surface area contributed by atoms with Crippen LogP contribution in [0.2, 0.25) is 0 Å². The molecule has 0 fully saturated rings.